The molecule has 0 amide bonds. The molecule has 0 radical (unpaired) electrons. The van der Waals surface area contributed by atoms with E-state index in [-0.39, 0.29) is 23.4 Å². The highest BCUT2D eigenvalue weighted by atomic mass is 16.7. The minimum atomic E-state index is -0.286. The summed E-state index contributed by atoms with van der Waals surface area (Å²) in [7, 11) is 5.95. The van der Waals surface area contributed by atoms with Crippen molar-refractivity contribution in [3.05, 3.63) is 34.5 Å². The lowest BCUT2D eigenvalue weighted by atomic mass is 10.1. The van der Waals surface area contributed by atoms with Crippen molar-refractivity contribution in [2.75, 3.05) is 35.2 Å². The second kappa shape index (κ2) is 6.88. The topological polar surface area (TPSA) is 85.6 Å². The molecule has 0 N–H and O–H groups in total. The first kappa shape index (κ1) is 17.8. The molecule has 3 aromatic rings. The van der Waals surface area contributed by atoms with Crippen LogP contribution in [-0.2, 0) is 0 Å². The van der Waals surface area contributed by atoms with Crippen molar-refractivity contribution in [1.82, 2.24) is 0 Å². The van der Waals surface area contributed by atoms with Crippen molar-refractivity contribution in [3.8, 4) is 45.8 Å². The van der Waals surface area contributed by atoms with Crippen LogP contribution in [0.15, 0.2) is 33.5 Å². The first-order chi connectivity index (χ1) is 13.6. The van der Waals surface area contributed by atoms with Crippen LogP contribution in [0, 0.1) is 0 Å². The van der Waals surface area contributed by atoms with Gasteiger partial charge in [0.2, 0.25) is 18.3 Å². The first-order valence-corrected chi connectivity index (χ1v) is 8.36. The lowest BCUT2D eigenvalue weighted by Crippen LogP contribution is -2.05. The third kappa shape index (κ3) is 2.65. The Hall–Kier alpha value is -3.55. The highest BCUT2D eigenvalue weighted by Crippen LogP contribution is 2.46. The average Bonchev–Trinajstić information content (AvgIpc) is 3.19. The Bertz CT molecular complexity index is 1120. The van der Waals surface area contributed by atoms with E-state index < -0.39 is 0 Å². The van der Waals surface area contributed by atoms with Gasteiger partial charge in [-0.2, -0.15) is 0 Å². The van der Waals surface area contributed by atoms with Gasteiger partial charge in [-0.3, -0.25) is 4.79 Å². The molecule has 0 aliphatic carbocycles. The first-order valence-electron chi connectivity index (χ1n) is 8.36. The third-order valence-electron chi connectivity index (χ3n) is 4.47. The molecule has 0 saturated heterocycles. The van der Waals surface area contributed by atoms with Crippen LogP contribution in [0.4, 0.5) is 0 Å². The van der Waals surface area contributed by atoms with Crippen molar-refractivity contribution >= 4 is 11.0 Å². The molecule has 0 fully saturated rings. The standard InChI is InChI=1S/C20H18O8/c1-22-14-5-10(6-16-18(14)27-9-26-16)12-7-11(21)17-13(28-12)8-15(23-2)19(24-3)20(17)25-4/h5-8H,9H2,1-4H3. The average molecular weight is 386 g/mol. The van der Waals surface area contributed by atoms with Crippen molar-refractivity contribution in [2.24, 2.45) is 0 Å². The zero-order valence-corrected chi connectivity index (χ0v) is 15.8. The van der Waals surface area contributed by atoms with Gasteiger partial charge in [-0.15, -0.1) is 0 Å². The van der Waals surface area contributed by atoms with Gasteiger partial charge in [0.05, 0.1) is 28.4 Å². The summed E-state index contributed by atoms with van der Waals surface area (Å²) in [4.78, 5) is 12.9. The van der Waals surface area contributed by atoms with Gasteiger partial charge >= 0.3 is 0 Å². The fraction of sp³-hybridized carbons (Fsp3) is 0.250. The van der Waals surface area contributed by atoms with Crippen LogP contribution in [0.5, 0.6) is 34.5 Å². The van der Waals surface area contributed by atoms with Crippen LogP contribution < -0.4 is 33.8 Å². The molecule has 2 aromatic carbocycles. The zero-order valence-electron chi connectivity index (χ0n) is 15.8. The van der Waals surface area contributed by atoms with Crippen LogP contribution in [0.2, 0.25) is 0 Å². The lowest BCUT2D eigenvalue weighted by Gasteiger charge is -2.14. The number of benzene rings is 2. The maximum Gasteiger partial charge on any atom is 0.231 e. The van der Waals surface area contributed by atoms with E-state index in [0.717, 1.165) is 0 Å². The van der Waals surface area contributed by atoms with Gasteiger partial charge in [0, 0.05) is 17.7 Å². The number of hydrogen-bond donors (Lipinski definition) is 0. The molecule has 146 valence electrons. The predicted molar refractivity (Wildman–Crippen MR) is 100 cm³/mol. The van der Waals surface area contributed by atoms with Crippen molar-refractivity contribution in [3.63, 3.8) is 0 Å². The van der Waals surface area contributed by atoms with Crippen LogP contribution in [0.3, 0.4) is 0 Å². The molecule has 8 heteroatoms. The highest BCUT2D eigenvalue weighted by molar-refractivity contribution is 5.90. The van der Waals surface area contributed by atoms with Gasteiger partial charge in [-0.1, -0.05) is 0 Å². The normalized spacial score (nSPS) is 12.1. The smallest absolute Gasteiger partial charge is 0.231 e. The number of ether oxygens (including phenoxy) is 6. The Morgan fingerprint density at radius 3 is 2.25 bits per heavy atom. The van der Waals surface area contributed by atoms with E-state index in [0.29, 0.717) is 45.7 Å². The number of rotatable bonds is 5. The molecule has 28 heavy (non-hydrogen) atoms. The molecule has 0 unspecified atom stereocenters. The summed E-state index contributed by atoms with van der Waals surface area (Å²) >= 11 is 0. The SMILES string of the molecule is COc1cc(-c2cc(=O)c3c(OC)c(OC)c(OC)cc3o2)cc2c1OCO2. The second-order valence-electron chi connectivity index (χ2n) is 5.91. The van der Waals surface area contributed by atoms with Gasteiger partial charge in [0.15, 0.2) is 28.4 Å². The summed E-state index contributed by atoms with van der Waals surface area (Å²) < 4.78 is 38.3. The van der Waals surface area contributed by atoms with E-state index in [2.05, 4.69) is 0 Å². The molecular formula is C20H18O8. The maximum atomic E-state index is 12.9. The fourth-order valence-corrected chi connectivity index (χ4v) is 3.20. The quantitative estimate of drug-likeness (QED) is 0.661. The molecular weight excluding hydrogens is 368 g/mol. The monoisotopic (exact) mass is 386 g/mol. The largest absolute Gasteiger partial charge is 0.493 e. The fourth-order valence-electron chi connectivity index (χ4n) is 3.20. The number of fused-ring (bicyclic) bond motifs is 2. The predicted octanol–water partition coefficient (Wildman–Crippen LogP) is 3.22. The summed E-state index contributed by atoms with van der Waals surface area (Å²) in [5.74, 6) is 2.81. The molecule has 2 heterocycles. The number of methoxy groups -OCH3 is 4. The minimum absolute atomic E-state index is 0.102. The molecule has 0 bridgehead atoms. The Morgan fingerprint density at radius 1 is 0.821 bits per heavy atom. The highest BCUT2D eigenvalue weighted by Gasteiger charge is 2.24. The van der Waals surface area contributed by atoms with E-state index in [1.807, 2.05) is 0 Å². The molecule has 0 atom stereocenters. The van der Waals surface area contributed by atoms with E-state index in [1.54, 1.807) is 18.2 Å². The van der Waals surface area contributed by atoms with Crippen LogP contribution in [-0.4, -0.2) is 35.2 Å². The van der Waals surface area contributed by atoms with Crippen LogP contribution in [0.1, 0.15) is 0 Å². The summed E-state index contributed by atoms with van der Waals surface area (Å²) in [5.41, 5.74) is 0.619. The summed E-state index contributed by atoms with van der Waals surface area (Å²) in [6.45, 7) is 0.102. The molecule has 1 aliphatic heterocycles. The van der Waals surface area contributed by atoms with Gasteiger partial charge in [-0.25, -0.2) is 0 Å². The Morgan fingerprint density at radius 2 is 1.57 bits per heavy atom. The van der Waals surface area contributed by atoms with Gasteiger partial charge in [0.1, 0.15) is 16.7 Å². The Balaban J connectivity index is 1.97. The molecule has 0 spiro atoms. The summed E-state index contributed by atoms with van der Waals surface area (Å²) in [6.07, 6.45) is 0. The minimum Gasteiger partial charge on any atom is -0.493 e. The molecule has 1 aliphatic rings. The van der Waals surface area contributed by atoms with E-state index >= 15 is 0 Å². The van der Waals surface area contributed by atoms with Gasteiger partial charge < -0.3 is 32.8 Å². The lowest BCUT2D eigenvalue weighted by molar-refractivity contribution is 0.171. The van der Waals surface area contributed by atoms with Crippen molar-refractivity contribution in [1.29, 1.82) is 0 Å². The molecule has 1 aromatic heterocycles. The van der Waals surface area contributed by atoms with Gasteiger partial charge in [-0.05, 0) is 12.1 Å². The zero-order chi connectivity index (χ0) is 19.8. The second-order valence-corrected chi connectivity index (χ2v) is 5.91. The summed E-state index contributed by atoms with van der Waals surface area (Å²) in [5, 5.41) is 0.261. The molecule has 8 nitrogen and oxygen atoms in total. The van der Waals surface area contributed by atoms with E-state index in [9.17, 15) is 4.79 Å². The van der Waals surface area contributed by atoms with Crippen molar-refractivity contribution in [2.45, 2.75) is 0 Å². The maximum absolute atomic E-state index is 12.9. The van der Waals surface area contributed by atoms with E-state index in [4.69, 9.17) is 32.8 Å². The van der Waals surface area contributed by atoms with E-state index in [1.165, 1.54) is 34.5 Å². The van der Waals surface area contributed by atoms with Crippen LogP contribution in [0.25, 0.3) is 22.3 Å². The van der Waals surface area contributed by atoms with Gasteiger partial charge in [0.25, 0.3) is 0 Å². The number of hydrogen-bond acceptors (Lipinski definition) is 8. The van der Waals surface area contributed by atoms with Crippen LogP contribution >= 0.6 is 0 Å². The Labute approximate surface area is 160 Å². The Kier molecular flexibility index (Phi) is 4.38. The van der Waals surface area contributed by atoms with Crippen molar-refractivity contribution < 1.29 is 32.8 Å². The molecule has 0 saturated carbocycles. The summed E-state index contributed by atoms with van der Waals surface area (Å²) in [6, 6.07) is 6.42. The molecule has 4 rings (SSSR count). The third-order valence-corrected chi connectivity index (χ3v) is 4.47.